The lowest BCUT2D eigenvalue weighted by Crippen LogP contribution is -2.41. The highest BCUT2D eigenvalue weighted by molar-refractivity contribution is 8.13. The van der Waals surface area contributed by atoms with Crippen molar-refractivity contribution in [1.82, 2.24) is 10.2 Å². The Morgan fingerprint density at radius 2 is 1.86 bits per heavy atom. The van der Waals surface area contributed by atoms with Gasteiger partial charge in [0, 0.05) is 17.7 Å². The Labute approximate surface area is 221 Å². The number of furan rings is 1. The van der Waals surface area contributed by atoms with Crippen molar-refractivity contribution >= 4 is 40.3 Å². The Morgan fingerprint density at radius 3 is 2.59 bits per heavy atom. The molecule has 1 aromatic heterocycles. The summed E-state index contributed by atoms with van der Waals surface area (Å²) >= 11 is 1.53. The minimum Gasteiger partial charge on any atom is -0.467 e. The van der Waals surface area contributed by atoms with E-state index in [0.717, 1.165) is 16.8 Å². The first-order chi connectivity index (χ1) is 17.8. The lowest BCUT2D eigenvalue weighted by atomic mass is 9.87. The number of hydrogen-bond donors (Lipinski definition) is 1. The zero-order valence-electron chi connectivity index (χ0n) is 21.2. The molecule has 0 fully saturated rings. The second-order valence-corrected chi connectivity index (χ2v) is 11.1. The molecule has 0 bridgehead atoms. The van der Waals surface area contributed by atoms with Gasteiger partial charge in [0.05, 0.1) is 18.5 Å². The van der Waals surface area contributed by atoms with Gasteiger partial charge in [0.25, 0.3) is 5.91 Å². The minimum absolute atomic E-state index is 0.0981. The first-order valence-corrected chi connectivity index (χ1v) is 13.4. The average Bonchev–Trinajstić information content (AvgIpc) is 3.53. The summed E-state index contributed by atoms with van der Waals surface area (Å²) in [5.74, 6) is 1.70. The Morgan fingerprint density at radius 1 is 1.08 bits per heavy atom. The van der Waals surface area contributed by atoms with Gasteiger partial charge in [-0.1, -0.05) is 68.9 Å². The molecule has 1 N–H and O–H groups in total. The predicted octanol–water partition coefficient (Wildman–Crippen LogP) is 5.57. The summed E-state index contributed by atoms with van der Waals surface area (Å²) in [4.78, 5) is 37.0. The van der Waals surface area contributed by atoms with Gasteiger partial charge in [-0.15, -0.1) is 0 Å². The van der Waals surface area contributed by atoms with Gasteiger partial charge in [-0.2, -0.15) is 0 Å². The van der Waals surface area contributed by atoms with Gasteiger partial charge >= 0.3 is 0 Å². The molecule has 0 radical (unpaired) electrons. The van der Waals surface area contributed by atoms with E-state index in [1.165, 1.54) is 17.3 Å². The molecule has 3 heterocycles. The van der Waals surface area contributed by atoms with E-state index in [1.54, 1.807) is 23.3 Å². The van der Waals surface area contributed by atoms with Crippen LogP contribution < -0.4 is 5.32 Å². The van der Waals surface area contributed by atoms with Gasteiger partial charge in [0.15, 0.2) is 5.17 Å². The van der Waals surface area contributed by atoms with Crippen molar-refractivity contribution in [1.29, 1.82) is 0 Å². The number of para-hydroxylation sites is 1. The van der Waals surface area contributed by atoms with E-state index >= 15 is 0 Å². The largest absolute Gasteiger partial charge is 0.467 e. The van der Waals surface area contributed by atoms with Crippen LogP contribution in [0.3, 0.4) is 0 Å². The normalized spacial score (nSPS) is 16.7. The van der Waals surface area contributed by atoms with Gasteiger partial charge in [-0.3, -0.25) is 14.6 Å². The molecular formula is C29H30N4O3S. The first-order valence-electron chi connectivity index (χ1n) is 12.4. The van der Waals surface area contributed by atoms with Crippen molar-refractivity contribution in [2.24, 2.45) is 9.98 Å². The third kappa shape index (κ3) is 5.54. The molecule has 5 rings (SSSR count). The number of thioether (sulfide) groups is 1. The summed E-state index contributed by atoms with van der Waals surface area (Å²) in [6.45, 7) is 6.92. The molecule has 8 heteroatoms. The molecular weight excluding hydrogens is 484 g/mol. The molecule has 7 nitrogen and oxygen atoms in total. The Bertz CT molecular complexity index is 1350. The summed E-state index contributed by atoms with van der Waals surface area (Å²) in [7, 11) is 0. The van der Waals surface area contributed by atoms with Crippen molar-refractivity contribution in [3.05, 3.63) is 89.4 Å². The quantitative estimate of drug-likeness (QED) is 0.447. The Balaban J connectivity index is 1.28. The van der Waals surface area contributed by atoms with E-state index in [-0.39, 0.29) is 23.7 Å². The maximum atomic E-state index is 13.5. The van der Waals surface area contributed by atoms with Crippen LogP contribution in [0.15, 0.2) is 81.3 Å². The lowest BCUT2D eigenvalue weighted by Gasteiger charge is -2.25. The van der Waals surface area contributed by atoms with E-state index in [4.69, 9.17) is 14.4 Å². The number of benzene rings is 2. The highest BCUT2D eigenvalue weighted by Crippen LogP contribution is 2.35. The fourth-order valence-electron chi connectivity index (χ4n) is 4.29. The molecule has 37 heavy (non-hydrogen) atoms. The number of carbonyl (C=O) groups excluding carboxylic acids is 2. The van der Waals surface area contributed by atoms with Gasteiger partial charge in [0.2, 0.25) is 5.91 Å². The summed E-state index contributed by atoms with van der Waals surface area (Å²) in [6, 6.07) is 19.3. The van der Waals surface area contributed by atoms with Crippen molar-refractivity contribution < 1.29 is 14.0 Å². The summed E-state index contributed by atoms with van der Waals surface area (Å²) in [5.41, 5.74) is 4.17. The van der Waals surface area contributed by atoms with Gasteiger partial charge in [0.1, 0.15) is 17.6 Å². The van der Waals surface area contributed by atoms with Crippen molar-refractivity contribution in [2.45, 2.75) is 57.4 Å². The second kappa shape index (κ2) is 10.4. The number of rotatable bonds is 7. The molecule has 0 spiro atoms. The van der Waals surface area contributed by atoms with Crippen LogP contribution in [0.4, 0.5) is 5.69 Å². The topological polar surface area (TPSA) is 87.3 Å². The third-order valence-corrected chi connectivity index (χ3v) is 7.43. The highest BCUT2D eigenvalue weighted by atomic mass is 32.2. The number of aliphatic imine (C=N–C) groups is 2. The molecule has 0 saturated carbocycles. The van der Waals surface area contributed by atoms with E-state index in [9.17, 15) is 9.59 Å². The van der Waals surface area contributed by atoms with Crippen molar-refractivity contribution in [2.75, 3.05) is 0 Å². The first kappa shape index (κ1) is 25.0. The molecule has 2 aliphatic rings. The van der Waals surface area contributed by atoms with Crippen LogP contribution in [0.25, 0.3) is 0 Å². The van der Waals surface area contributed by atoms with Crippen LogP contribution in [0.2, 0.25) is 0 Å². The Hall–Kier alpha value is -3.65. The molecule has 0 saturated heterocycles. The van der Waals surface area contributed by atoms with E-state index in [0.29, 0.717) is 35.5 Å². The van der Waals surface area contributed by atoms with Crippen LogP contribution in [0.1, 0.15) is 56.1 Å². The standard InChI is InChI=1S/C29H30N4O3S/c1-29(2,3)20-12-10-19(11-13-20)18-37-28-32-23-9-5-4-8-22(23)26-31-24(27(35)33(26)28)14-15-25(34)30-17-21-7-6-16-36-21/h4-13,16,24H,14-15,17-18H2,1-3H3,(H,30,34)/t24-/m0/s1. The van der Waals surface area contributed by atoms with Crippen LogP contribution >= 0.6 is 11.8 Å². The lowest BCUT2D eigenvalue weighted by molar-refractivity contribution is -0.125. The van der Waals surface area contributed by atoms with E-state index < -0.39 is 6.04 Å². The van der Waals surface area contributed by atoms with Crippen LogP contribution in [0.5, 0.6) is 0 Å². The molecule has 1 atom stereocenters. The summed E-state index contributed by atoms with van der Waals surface area (Å²) in [5, 5.41) is 3.45. The molecule has 0 aliphatic carbocycles. The number of amides is 2. The smallest absolute Gasteiger partial charge is 0.259 e. The van der Waals surface area contributed by atoms with E-state index in [2.05, 4.69) is 50.4 Å². The van der Waals surface area contributed by atoms with Crippen molar-refractivity contribution in [3.63, 3.8) is 0 Å². The number of carbonyl (C=O) groups is 2. The second-order valence-electron chi connectivity index (χ2n) is 10.2. The number of nitrogens with zero attached hydrogens (tertiary/aromatic N) is 3. The molecule has 190 valence electrons. The van der Waals surface area contributed by atoms with E-state index in [1.807, 2.05) is 24.3 Å². The molecule has 3 aromatic rings. The fraction of sp³-hybridized carbons (Fsp3) is 0.310. The van der Waals surface area contributed by atoms with Crippen molar-refractivity contribution in [3.8, 4) is 0 Å². The minimum atomic E-state index is -0.618. The van der Waals surface area contributed by atoms with Crippen LogP contribution in [-0.2, 0) is 27.3 Å². The SMILES string of the molecule is CC(C)(C)c1ccc(CSC2=Nc3ccccc3C3=N[C@@H](CCC(=O)NCc4ccco4)C(=O)N23)cc1. The molecule has 0 unspecified atom stereocenters. The van der Waals surface area contributed by atoms with Crippen LogP contribution in [0, 0.1) is 0 Å². The third-order valence-electron chi connectivity index (χ3n) is 6.42. The number of amidine groups is 2. The zero-order valence-corrected chi connectivity index (χ0v) is 22.0. The molecule has 2 aliphatic heterocycles. The molecule has 2 amide bonds. The summed E-state index contributed by atoms with van der Waals surface area (Å²) < 4.78 is 5.25. The predicted molar refractivity (Wildman–Crippen MR) is 147 cm³/mol. The maximum absolute atomic E-state index is 13.5. The summed E-state index contributed by atoms with van der Waals surface area (Å²) in [6.07, 6.45) is 2.10. The number of fused-ring (bicyclic) bond motifs is 3. The average molecular weight is 515 g/mol. The fourth-order valence-corrected chi connectivity index (χ4v) is 5.25. The molecule has 2 aromatic carbocycles. The Kier molecular flexibility index (Phi) is 7.02. The van der Waals surface area contributed by atoms with Gasteiger partial charge in [-0.05, 0) is 47.2 Å². The van der Waals surface area contributed by atoms with Gasteiger partial charge in [-0.25, -0.2) is 9.89 Å². The van der Waals surface area contributed by atoms with Crippen LogP contribution in [-0.4, -0.2) is 33.8 Å². The number of nitrogens with one attached hydrogen (secondary N) is 1. The highest BCUT2D eigenvalue weighted by Gasteiger charge is 2.41. The number of hydrogen-bond acceptors (Lipinski definition) is 6. The zero-order chi connectivity index (χ0) is 26.0. The monoisotopic (exact) mass is 514 g/mol. The van der Waals surface area contributed by atoms with Gasteiger partial charge < -0.3 is 9.73 Å². The maximum Gasteiger partial charge on any atom is 0.259 e.